The van der Waals surface area contributed by atoms with Gasteiger partial charge in [0.1, 0.15) is 11.2 Å². The van der Waals surface area contributed by atoms with E-state index in [1.807, 2.05) is 6.07 Å². The van der Waals surface area contributed by atoms with E-state index in [0.717, 1.165) is 51.6 Å². The second kappa shape index (κ2) is 13.6. The molecule has 0 spiro atoms. The van der Waals surface area contributed by atoms with E-state index in [4.69, 9.17) is 4.42 Å². The molecule has 0 saturated heterocycles. The van der Waals surface area contributed by atoms with Crippen molar-refractivity contribution < 1.29 is 13.6 Å². The fraction of sp³-hybridized carbons (Fsp3) is 0.304. The number of furan rings is 1. The Morgan fingerprint density at radius 2 is 1.67 bits per heavy atom. The SMILES string of the molecule is C=C(C)C1=C2C(=CC)C(CC)(CC)C=C(C[n+]3ccccc3-c3c(C)ccc4c3oc3ccccc34)[N+](C=C(C)C(C)=CC=CC)=C2C1C. The van der Waals surface area contributed by atoms with Gasteiger partial charge in [0, 0.05) is 40.0 Å². The lowest BCUT2D eigenvalue weighted by Crippen LogP contribution is -2.41. The van der Waals surface area contributed by atoms with Gasteiger partial charge in [-0.25, -0.2) is 0 Å². The fourth-order valence-corrected chi connectivity index (χ4v) is 8.12. The van der Waals surface area contributed by atoms with E-state index in [1.165, 1.54) is 44.8 Å². The lowest BCUT2D eigenvalue weighted by molar-refractivity contribution is -0.693. The molecule has 0 fully saturated rings. The van der Waals surface area contributed by atoms with Crippen molar-refractivity contribution in [2.24, 2.45) is 11.3 Å². The first-order chi connectivity index (χ1) is 23.6. The second-order valence-corrected chi connectivity index (χ2v) is 13.9. The highest BCUT2D eigenvalue weighted by Gasteiger charge is 2.50. The zero-order valence-corrected chi connectivity index (χ0v) is 30.9. The van der Waals surface area contributed by atoms with Crippen molar-refractivity contribution >= 4 is 27.7 Å². The molecule has 3 nitrogen and oxygen atoms in total. The summed E-state index contributed by atoms with van der Waals surface area (Å²) in [4.78, 5) is 0. The van der Waals surface area contributed by atoms with Crippen molar-refractivity contribution in [1.82, 2.24) is 0 Å². The van der Waals surface area contributed by atoms with Gasteiger partial charge in [-0.05, 0) is 95.7 Å². The number of benzene rings is 2. The molecule has 49 heavy (non-hydrogen) atoms. The Kier molecular flexibility index (Phi) is 9.49. The van der Waals surface area contributed by atoms with E-state index in [1.54, 1.807) is 0 Å². The van der Waals surface area contributed by atoms with Crippen LogP contribution in [0, 0.1) is 18.3 Å². The lowest BCUT2D eigenvalue weighted by Gasteiger charge is -2.37. The van der Waals surface area contributed by atoms with Gasteiger partial charge in [-0.2, -0.15) is 9.14 Å². The molecule has 0 amide bonds. The van der Waals surface area contributed by atoms with Crippen LogP contribution < -0.4 is 4.57 Å². The zero-order valence-electron chi connectivity index (χ0n) is 30.9. The number of allylic oxidation sites excluding steroid dienone is 12. The van der Waals surface area contributed by atoms with Crippen molar-refractivity contribution in [2.45, 2.75) is 81.7 Å². The monoisotopic (exact) mass is 648 g/mol. The molecule has 4 aromatic rings. The molecule has 250 valence electrons. The Morgan fingerprint density at radius 3 is 2.37 bits per heavy atom. The summed E-state index contributed by atoms with van der Waals surface area (Å²) in [5.41, 5.74) is 15.8. The van der Waals surface area contributed by atoms with Crippen molar-refractivity contribution in [3.63, 3.8) is 0 Å². The maximum absolute atomic E-state index is 6.62. The van der Waals surface area contributed by atoms with Crippen LogP contribution in [-0.4, -0.2) is 10.3 Å². The van der Waals surface area contributed by atoms with Crippen molar-refractivity contribution in [3.05, 3.63) is 149 Å². The summed E-state index contributed by atoms with van der Waals surface area (Å²) in [7, 11) is 0. The average Bonchev–Trinajstić information content (AvgIpc) is 3.43. The molecule has 1 unspecified atom stereocenters. The summed E-state index contributed by atoms with van der Waals surface area (Å²) < 4.78 is 11.6. The van der Waals surface area contributed by atoms with E-state index in [2.05, 4.69) is 169 Å². The Balaban J connectivity index is 1.64. The number of aryl methyl sites for hydroxylation is 1. The van der Waals surface area contributed by atoms with Gasteiger partial charge in [-0.1, -0.05) is 80.6 Å². The summed E-state index contributed by atoms with van der Waals surface area (Å²) in [6.07, 6.45) is 18.0. The summed E-state index contributed by atoms with van der Waals surface area (Å²) in [6.45, 7) is 25.3. The number of aromatic nitrogens is 1. The third kappa shape index (κ3) is 5.73. The maximum Gasteiger partial charge on any atom is 0.249 e. The van der Waals surface area contributed by atoms with Crippen LogP contribution in [0.5, 0.6) is 0 Å². The summed E-state index contributed by atoms with van der Waals surface area (Å²) in [5, 5.41) is 2.30. The first kappa shape index (κ1) is 34.1. The maximum atomic E-state index is 6.62. The molecule has 2 aromatic carbocycles. The quantitative estimate of drug-likeness (QED) is 0.131. The van der Waals surface area contributed by atoms with Crippen molar-refractivity contribution in [3.8, 4) is 11.3 Å². The molecule has 0 bridgehead atoms. The molecule has 3 heterocycles. The molecule has 1 aliphatic carbocycles. The highest BCUT2D eigenvalue weighted by atomic mass is 16.3. The minimum absolute atomic E-state index is 0.109. The lowest BCUT2D eigenvalue weighted by atomic mass is 9.63. The number of rotatable bonds is 9. The molecular weight excluding hydrogens is 597 g/mol. The molecule has 2 aromatic heterocycles. The van der Waals surface area contributed by atoms with E-state index >= 15 is 0 Å². The van der Waals surface area contributed by atoms with E-state index < -0.39 is 0 Å². The number of pyridine rings is 1. The van der Waals surface area contributed by atoms with Crippen LogP contribution in [0.2, 0.25) is 0 Å². The Labute approximate surface area is 293 Å². The van der Waals surface area contributed by atoms with Gasteiger partial charge in [0.25, 0.3) is 0 Å². The molecular formula is C46H52N2O+2. The number of hydrogen-bond acceptors (Lipinski definition) is 1. The standard InChI is InChI=1S/C46H52N2O/c1-11-15-20-31(7)33(9)28-48-35(27-46(13-3,14-4)38(12-2)43-41(30(5)6)34(10)44(43)48)29-47-26-19-18-22-39(47)42-32(8)24-25-37-36-21-16-17-23-40(36)49-45(37)42/h11-12,15-28,34H,5,13-14,29H2,1-4,6-10H3/q+2. The highest BCUT2D eigenvalue weighted by Crippen LogP contribution is 2.52. The third-order valence-corrected chi connectivity index (χ3v) is 11.0. The topological polar surface area (TPSA) is 20.0 Å². The fourth-order valence-electron chi connectivity index (χ4n) is 8.12. The predicted octanol–water partition coefficient (Wildman–Crippen LogP) is 11.9. The second-order valence-electron chi connectivity index (χ2n) is 13.9. The van der Waals surface area contributed by atoms with Crippen molar-refractivity contribution in [1.29, 1.82) is 0 Å². The molecule has 0 radical (unpaired) electrons. The Morgan fingerprint density at radius 1 is 0.939 bits per heavy atom. The molecule has 0 N–H and O–H groups in total. The molecule has 3 heteroatoms. The van der Waals surface area contributed by atoms with Crippen LogP contribution in [0.25, 0.3) is 33.2 Å². The molecule has 2 aliphatic rings. The zero-order chi connectivity index (χ0) is 35.0. The largest absolute Gasteiger partial charge is 0.455 e. The van der Waals surface area contributed by atoms with E-state index in [9.17, 15) is 0 Å². The van der Waals surface area contributed by atoms with Crippen molar-refractivity contribution in [2.75, 3.05) is 0 Å². The predicted molar refractivity (Wildman–Crippen MR) is 208 cm³/mol. The smallest absolute Gasteiger partial charge is 0.249 e. The van der Waals surface area contributed by atoms with Crippen LogP contribution in [0.1, 0.15) is 73.8 Å². The first-order valence-electron chi connectivity index (χ1n) is 17.9. The van der Waals surface area contributed by atoms with Gasteiger partial charge in [-0.15, -0.1) is 0 Å². The molecule has 6 rings (SSSR count). The number of para-hydroxylation sites is 1. The van der Waals surface area contributed by atoms with Gasteiger partial charge in [0.05, 0.1) is 17.1 Å². The van der Waals surface area contributed by atoms with Crippen LogP contribution >= 0.6 is 0 Å². The number of hydrogen-bond donors (Lipinski definition) is 0. The number of nitrogens with zero attached hydrogens (tertiary/aromatic N) is 2. The normalized spacial score (nSPS) is 19.2. The van der Waals surface area contributed by atoms with E-state index in [-0.39, 0.29) is 11.3 Å². The number of fused-ring (bicyclic) bond motifs is 4. The van der Waals surface area contributed by atoms with Gasteiger partial charge in [0.15, 0.2) is 12.4 Å². The Hall–Kier alpha value is -4.76. The van der Waals surface area contributed by atoms with Gasteiger partial charge in [0.2, 0.25) is 23.6 Å². The highest BCUT2D eigenvalue weighted by molar-refractivity contribution is 6.13. The summed E-state index contributed by atoms with van der Waals surface area (Å²) in [6, 6.07) is 19.3. The van der Waals surface area contributed by atoms with Crippen LogP contribution in [0.4, 0.5) is 0 Å². The van der Waals surface area contributed by atoms with Crippen LogP contribution in [0.3, 0.4) is 0 Å². The molecule has 1 aliphatic heterocycles. The molecule has 0 saturated carbocycles. The van der Waals surface area contributed by atoms with Gasteiger partial charge >= 0.3 is 0 Å². The van der Waals surface area contributed by atoms with Gasteiger partial charge in [-0.3, -0.25) is 0 Å². The minimum atomic E-state index is -0.109. The van der Waals surface area contributed by atoms with Crippen LogP contribution in [0.15, 0.2) is 148 Å². The summed E-state index contributed by atoms with van der Waals surface area (Å²) >= 11 is 0. The summed E-state index contributed by atoms with van der Waals surface area (Å²) in [5.74, 6) is 0.269. The van der Waals surface area contributed by atoms with Gasteiger partial charge < -0.3 is 4.42 Å². The van der Waals surface area contributed by atoms with E-state index in [0.29, 0.717) is 6.54 Å². The molecule has 1 atom stereocenters. The first-order valence-corrected chi connectivity index (χ1v) is 17.9. The average molecular weight is 649 g/mol. The Bertz CT molecular complexity index is 2200. The third-order valence-electron chi connectivity index (χ3n) is 11.0. The minimum Gasteiger partial charge on any atom is -0.455 e. The van der Waals surface area contributed by atoms with Crippen LogP contribution in [-0.2, 0) is 6.54 Å².